The van der Waals surface area contributed by atoms with Crippen molar-refractivity contribution < 1.29 is 19.2 Å². The molecule has 1 aliphatic heterocycles. The third-order valence-electron chi connectivity index (χ3n) is 8.33. The first kappa shape index (κ1) is 19.1. The number of hydrazine groups is 1. The zero-order valence-corrected chi connectivity index (χ0v) is 17.0. The highest BCUT2D eigenvalue weighted by molar-refractivity contribution is 6.05. The summed E-state index contributed by atoms with van der Waals surface area (Å²) in [4.78, 5) is 51.4. The Kier molecular flexibility index (Phi) is 4.67. The highest BCUT2D eigenvalue weighted by atomic mass is 16.2. The largest absolute Gasteiger partial charge is 0.282 e. The molecule has 5 saturated carbocycles. The van der Waals surface area contributed by atoms with Crippen LogP contribution in [0.15, 0.2) is 0 Å². The number of fused-ring (bicyclic) bond motifs is 1. The van der Waals surface area contributed by atoms with Crippen LogP contribution in [0.25, 0.3) is 0 Å². The SMILES string of the molecule is O=C(CCN1C(=O)[C@H]2CCCC[C@H]2C1=O)NNC(=O)C12CC3CC(CC(C3)C1)C2. The molecule has 6 fully saturated rings. The molecule has 7 heteroatoms. The van der Waals surface area contributed by atoms with E-state index in [0.717, 1.165) is 44.9 Å². The van der Waals surface area contributed by atoms with E-state index in [1.54, 1.807) is 0 Å². The van der Waals surface area contributed by atoms with Crippen molar-refractivity contribution in [2.45, 2.75) is 70.6 Å². The van der Waals surface area contributed by atoms with E-state index in [0.29, 0.717) is 17.8 Å². The monoisotopic (exact) mass is 401 g/mol. The Hall–Kier alpha value is -1.92. The predicted octanol–water partition coefficient (Wildman–Crippen LogP) is 1.92. The molecule has 1 heterocycles. The molecule has 0 aromatic rings. The molecule has 6 rings (SSSR count). The number of carbonyl (C=O) groups excluding carboxylic acids is 4. The molecule has 7 nitrogen and oxygen atoms in total. The van der Waals surface area contributed by atoms with Gasteiger partial charge < -0.3 is 0 Å². The fraction of sp³-hybridized carbons (Fsp3) is 0.818. The second-order valence-corrected chi connectivity index (χ2v) is 10.3. The smallest absolute Gasteiger partial charge is 0.244 e. The first-order valence-electron chi connectivity index (χ1n) is 11.4. The summed E-state index contributed by atoms with van der Waals surface area (Å²) >= 11 is 0. The zero-order chi connectivity index (χ0) is 20.2. The Morgan fingerprint density at radius 2 is 1.38 bits per heavy atom. The van der Waals surface area contributed by atoms with Gasteiger partial charge in [0.15, 0.2) is 0 Å². The Bertz CT molecular complexity index is 689. The Balaban J connectivity index is 1.12. The average Bonchev–Trinajstić information content (AvgIpc) is 2.94. The molecule has 0 unspecified atom stereocenters. The van der Waals surface area contributed by atoms with Gasteiger partial charge in [-0.25, -0.2) is 0 Å². The maximum Gasteiger partial charge on any atom is 0.244 e. The summed E-state index contributed by atoms with van der Waals surface area (Å²) in [5.41, 5.74) is 4.89. The van der Waals surface area contributed by atoms with Gasteiger partial charge in [-0.2, -0.15) is 0 Å². The van der Waals surface area contributed by atoms with Crippen LogP contribution in [-0.2, 0) is 19.2 Å². The molecule has 2 atom stereocenters. The van der Waals surface area contributed by atoms with Crippen LogP contribution in [0, 0.1) is 35.0 Å². The van der Waals surface area contributed by atoms with Gasteiger partial charge in [-0.05, 0) is 69.1 Å². The summed E-state index contributed by atoms with van der Waals surface area (Å²) in [6, 6.07) is 0. The molecule has 4 bridgehead atoms. The van der Waals surface area contributed by atoms with Crippen molar-refractivity contribution in [1.29, 1.82) is 0 Å². The van der Waals surface area contributed by atoms with Crippen LogP contribution in [0.5, 0.6) is 0 Å². The minimum absolute atomic E-state index is 0.0259. The molecule has 158 valence electrons. The van der Waals surface area contributed by atoms with Crippen LogP contribution in [0.2, 0.25) is 0 Å². The van der Waals surface area contributed by atoms with Crippen molar-refractivity contribution in [2.24, 2.45) is 35.0 Å². The van der Waals surface area contributed by atoms with Crippen LogP contribution in [0.1, 0.15) is 70.6 Å². The van der Waals surface area contributed by atoms with Crippen molar-refractivity contribution in [2.75, 3.05) is 6.54 Å². The predicted molar refractivity (Wildman–Crippen MR) is 104 cm³/mol. The minimum atomic E-state index is -0.349. The van der Waals surface area contributed by atoms with Gasteiger partial charge in [0.25, 0.3) is 0 Å². The molecule has 4 amide bonds. The molecule has 0 aromatic heterocycles. The van der Waals surface area contributed by atoms with Gasteiger partial charge in [-0.1, -0.05) is 12.8 Å². The van der Waals surface area contributed by atoms with Gasteiger partial charge in [0.1, 0.15) is 0 Å². The molecule has 0 spiro atoms. The first-order valence-corrected chi connectivity index (χ1v) is 11.4. The van der Waals surface area contributed by atoms with E-state index in [-0.39, 0.29) is 53.8 Å². The number of carbonyl (C=O) groups is 4. The lowest BCUT2D eigenvalue weighted by Crippen LogP contribution is -2.56. The maximum absolute atomic E-state index is 12.9. The molecular weight excluding hydrogens is 370 g/mol. The number of rotatable bonds is 4. The van der Waals surface area contributed by atoms with Crippen LogP contribution in [0.3, 0.4) is 0 Å². The standard InChI is InChI=1S/C22H31N3O4/c26-18(5-6-25-19(27)16-3-1-2-4-17(16)20(25)28)23-24-21(29)22-10-13-7-14(11-22)9-15(8-13)12-22/h13-17H,1-12H2,(H,23,26)(H,24,29)/t13?,14?,15?,16-,17+,22?. The van der Waals surface area contributed by atoms with Crippen molar-refractivity contribution in [3.63, 3.8) is 0 Å². The molecule has 0 aromatic carbocycles. The summed E-state index contributed by atoms with van der Waals surface area (Å²) < 4.78 is 0. The summed E-state index contributed by atoms with van der Waals surface area (Å²) in [5, 5.41) is 0. The Labute approximate surface area is 171 Å². The van der Waals surface area contributed by atoms with E-state index in [4.69, 9.17) is 0 Å². The van der Waals surface area contributed by atoms with Crippen molar-refractivity contribution in [3.05, 3.63) is 0 Å². The van der Waals surface area contributed by atoms with E-state index < -0.39 is 0 Å². The van der Waals surface area contributed by atoms with Crippen LogP contribution in [0.4, 0.5) is 0 Å². The van der Waals surface area contributed by atoms with E-state index in [9.17, 15) is 19.2 Å². The third kappa shape index (κ3) is 3.26. The molecule has 6 aliphatic rings. The topological polar surface area (TPSA) is 95.6 Å². The van der Waals surface area contributed by atoms with Crippen molar-refractivity contribution >= 4 is 23.6 Å². The third-order valence-corrected chi connectivity index (χ3v) is 8.33. The number of nitrogens with one attached hydrogen (secondary N) is 2. The first-order chi connectivity index (χ1) is 13.9. The van der Waals surface area contributed by atoms with Gasteiger partial charge in [-0.3, -0.25) is 34.9 Å². The lowest BCUT2D eigenvalue weighted by Gasteiger charge is -2.55. The fourth-order valence-corrected chi connectivity index (χ4v) is 7.38. The minimum Gasteiger partial charge on any atom is -0.282 e. The van der Waals surface area contributed by atoms with Gasteiger partial charge >= 0.3 is 0 Å². The highest BCUT2D eigenvalue weighted by Crippen LogP contribution is 2.60. The fourth-order valence-electron chi connectivity index (χ4n) is 7.38. The number of hydrogen-bond acceptors (Lipinski definition) is 4. The Morgan fingerprint density at radius 3 is 1.90 bits per heavy atom. The molecule has 2 N–H and O–H groups in total. The number of imide groups is 1. The summed E-state index contributed by atoms with van der Waals surface area (Å²) in [6.07, 6.45) is 10.2. The van der Waals surface area contributed by atoms with Gasteiger partial charge in [0, 0.05) is 13.0 Å². The second kappa shape index (κ2) is 7.10. The van der Waals surface area contributed by atoms with E-state index in [1.165, 1.54) is 24.2 Å². The second-order valence-electron chi connectivity index (χ2n) is 10.3. The number of hydrogen-bond donors (Lipinski definition) is 2. The summed E-state index contributed by atoms with van der Waals surface area (Å²) in [5.74, 6) is 0.985. The van der Waals surface area contributed by atoms with Crippen molar-refractivity contribution in [3.8, 4) is 0 Å². The number of nitrogens with zero attached hydrogens (tertiary/aromatic N) is 1. The highest BCUT2D eigenvalue weighted by Gasteiger charge is 2.54. The lowest BCUT2D eigenvalue weighted by atomic mass is 9.49. The number of likely N-dealkylation sites (tertiary alicyclic amines) is 1. The molecular formula is C22H31N3O4. The maximum atomic E-state index is 12.9. The molecule has 5 aliphatic carbocycles. The molecule has 29 heavy (non-hydrogen) atoms. The van der Waals surface area contributed by atoms with Gasteiger partial charge in [-0.15, -0.1) is 0 Å². The zero-order valence-electron chi connectivity index (χ0n) is 17.0. The van der Waals surface area contributed by atoms with E-state index in [1.807, 2.05) is 0 Å². The van der Waals surface area contributed by atoms with Gasteiger partial charge in [0.05, 0.1) is 17.3 Å². The molecule has 0 radical (unpaired) electrons. The van der Waals surface area contributed by atoms with E-state index in [2.05, 4.69) is 10.9 Å². The van der Waals surface area contributed by atoms with Crippen molar-refractivity contribution in [1.82, 2.24) is 15.8 Å². The lowest BCUT2D eigenvalue weighted by molar-refractivity contribution is -0.149. The van der Waals surface area contributed by atoms with Crippen LogP contribution >= 0.6 is 0 Å². The van der Waals surface area contributed by atoms with Crippen LogP contribution < -0.4 is 10.9 Å². The quantitative estimate of drug-likeness (QED) is 0.556. The molecule has 1 saturated heterocycles. The summed E-state index contributed by atoms with van der Waals surface area (Å²) in [7, 11) is 0. The average molecular weight is 402 g/mol. The van der Waals surface area contributed by atoms with Crippen LogP contribution in [-0.4, -0.2) is 35.1 Å². The normalized spacial score (nSPS) is 40.1. The Morgan fingerprint density at radius 1 is 0.862 bits per heavy atom. The van der Waals surface area contributed by atoms with E-state index >= 15 is 0 Å². The summed E-state index contributed by atoms with van der Waals surface area (Å²) in [6.45, 7) is 0.101. The number of amides is 4. The van der Waals surface area contributed by atoms with Gasteiger partial charge in [0.2, 0.25) is 23.6 Å².